The Balaban J connectivity index is 3.79. The molecule has 0 fully saturated rings. The Kier molecular flexibility index (Phi) is 8.17. The lowest BCUT2D eigenvalue weighted by Crippen LogP contribution is -2.42. The van der Waals surface area contributed by atoms with Crippen LogP contribution < -0.4 is 5.32 Å². The van der Waals surface area contributed by atoms with Gasteiger partial charge in [0.15, 0.2) is 0 Å². The summed E-state index contributed by atoms with van der Waals surface area (Å²) in [4.78, 5) is 0. The molecule has 0 aliphatic rings. The van der Waals surface area contributed by atoms with Crippen LogP contribution in [0.1, 0.15) is 47.0 Å². The highest BCUT2D eigenvalue weighted by molar-refractivity contribution is 5.03. The summed E-state index contributed by atoms with van der Waals surface area (Å²) in [6.45, 7) is 10.2. The monoisotopic (exact) mass is 256 g/mol. The van der Waals surface area contributed by atoms with Crippen LogP contribution in [-0.4, -0.2) is 38.0 Å². The molecule has 0 amide bonds. The van der Waals surface area contributed by atoms with E-state index in [1.807, 2.05) is 20.8 Å². The van der Waals surface area contributed by atoms with Gasteiger partial charge in [-0.05, 0) is 40.2 Å². The number of nitrogens with one attached hydrogen (secondary N) is 1. The molecular weight excluding hydrogens is 228 g/mol. The fraction of sp³-hybridized carbons (Fsp3) is 0.929. The van der Waals surface area contributed by atoms with E-state index in [1.165, 1.54) is 0 Å². The highest BCUT2D eigenvalue weighted by Gasteiger charge is 2.22. The van der Waals surface area contributed by atoms with Crippen LogP contribution in [0.15, 0.2) is 0 Å². The Bertz CT molecular complexity index is 261. The lowest BCUT2D eigenvalue weighted by molar-refractivity contribution is -0.0111. The van der Waals surface area contributed by atoms with Gasteiger partial charge in [-0.2, -0.15) is 5.26 Å². The molecule has 0 saturated carbocycles. The van der Waals surface area contributed by atoms with Gasteiger partial charge in [0.2, 0.25) is 0 Å². The van der Waals surface area contributed by atoms with Crippen LogP contribution in [0.5, 0.6) is 0 Å². The van der Waals surface area contributed by atoms with Gasteiger partial charge in [0.05, 0.1) is 11.7 Å². The van der Waals surface area contributed by atoms with Gasteiger partial charge >= 0.3 is 0 Å². The molecule has 18 heavy (non-hydrogen) atoms. The van der Waals surface area contributed by atoms with Crippen molar-refractivity contribution < 1.29 is 9.47 Å². The minimum absolute atomic E-state index is 0.140. The molecule has 4 nitrogen and oxygen atoms in total. The first kappa shape index (κ1) is 17.4. The maximum absolute atomic E-state index is 9.15. The largest absolute Gasteiger partial charge is 0.381 e. The third-order valence-electron chi connectivity index (χ3n) is 3.16. The number of hydrogen-bond donors (Lipinski definition) is 1. The molecule has 1 unspecified atom stereocenters. The van der Waals surface area contributed by atoms with E-state index in [0.717, 1.165) is 19.4 Å². The quantitative estimate of drug-likeness (QED) is 0.610. The summed E-state index contributed by atoms with van der Waals surface area (Å²) in [5.74, 6) is 0. The van der Waals surface area contributed by atoms with E-state index in [-0.39, 0.29) is 5.60 Å². The minimum Gasteiger partial charge on any atom is -0.381 e. The second-order valence-corrected chi connectivity index (χ2v) is 5.45. The third-order valence-corrected chi connectivity index (χ3v) is 3.16. The van der Waals surface area contributed by atoms with Gasteiger partial charge in [-0.15, -0.1) is 0 Å². The molecule has 0 aliphatic carbocycles. The van der Waals surface area contributed by atoms with Crippen LogP contribution in [0, 0.1) is 11.3 Å². The van der Waals surface area contributed by atoms with Crippen molar-refractivity contribution in [3.63, 3.8) is 0 Å². The summed E-state index contributed by atoms with van der Waals surface area (Å²) in [5.41, 5.74) is -0.619. The number of nitriles is 1. The van der Waals surface area contributed by atoms with Crippen LogP contribution in [-0.2, 0) is 9.47 Å². The molecular formula is C14H28N2O2. The zero-order valence-corrected chi connectivity index (χ0v) is 12.5. The van der Waals surface area contributed by atoms with Gasteiger partial charge in [0.25, 0.3) is 0 Å². The zero-order valence-electron chi connectivity index (χ0n) is 12.5. The summed E-state index contributed by atoms with van der Waals surface area (Å²) in [7, 11) is 1.71. The van der Waals surface area contributed by atoms with Gasteiger partial charge in [0.1, 0.15) is 5.54 Å². The highest BCUT2D eigenvalue weighted by Crippen LogP contribution is 2.13. The second-order valence-electron chi connectivity index (χ2n) is 5.45. The molecule has 0 aromatic heterocycles. The Labute approximate surface area is 112 Å². The Morgan fingerprint density at radius 2 is 1.78 bits per heavy atom. The first-order valence-corrected chi connectivity index (χ1v) is 6.68. The Morgan fingerprint density at radius 3 is 2.28 bits per heavy atom. The molecule has 1 atom stereocenters. The molecule has 0 aromatic rings. The summed E-state index contributed by atoms with van der Waals surface area (Å²) >= 11 is 0. The zero-order chi connectivity index (χ0) is 14.1. The normalized spacial score (nSPS) is 15.1. The first-order chi connectivity index (χ1) is 8.39. The molecule has 106 valence electrons. The van der Waals surface area contributed by atoms with Gasteiger partial charge in [-0.1, -0.05) is 6.92 Å². The molecule has 0 bridgehead atoms. The Morgan fingerprint density at radius 1 is 1.17 bits per heavy atom. The van der Waals surface area contributed by atoms with E-state index in [9.17, 15) is 0 Å². The summed E-state index contributed by atoms with van der Waals surface area (Å²) in [5, 5.41) is 12.4. The number of hydrogen-bond acceptors (Lipinski definition) is 4. The molecule has 0 spiro atoms. The van der Waals surface area contributed by atoms with Gasteiger partial charge < -0.3 is 9.47 Å². The molecule has 0 aromatic carbocycles. The molecule has 1 N–H and O–H groups in total. The van der Waals surface area contributed by atoms with Gasteiger partial charge in [-0.3, -0.25) is 5.32 Å². The average Bonchev–Trinajstić information content (AvgIpc) is 2.36. The molecule has 0 saturated heterocycles. The van der Waals surface area contributed by atoms with E-state index >= 15 is 0 Å². The van der Waals surface area contributed by atoms with Gasteiger partial charge in [-0.25, -0.2) is 0 Å². The standard InChI is InChI=1S/C14H28N2O2/c1-6-9-16-14(4,12-15)8-11-18-10-7-13(2,3)17-5/h16H,6-11H2,1-5H3. The van der Waals surface area contributed by atoms with E-state index in [4.69, 9.17) is 14.7 Å². The Hall–Kier alpha value is -0.630. The molecule has 4 heteroatoms. The van der Waals surface area contributed by atoms with Gasteiger partial charge in [0, 0.05) is 26.7 Å². The van der Waals surface area contributed by atoms with E-state index in [1.54, 1.807) is 7.11 Å². The summed E-state index contributed by atoms with van der Waals surface area (Å²) in [6.07, 6.45) is 2.59. The topological polar surface area (TPSA) is 54.3 Å². The number of nitrogens with zero attached hydrogens (tertiary/aromatic N) is 1. The first-order valence-electron chi connectivity index (χ1n) is 6.68. The lowest BCUT2D eigenvalue weighted by Gasteiger charge is -2.24. The van der Waals surface area contributed by atoms with Crippen LogP contribution in [0.3, 0.4) is 0 Å². The fourth-order valence-corrected chi connectivity index (χ4v) is 1.38. The number of ether oxygens (including phenoxy) is 2. The smallest absolute Gasteiger partial charge is 0.106 e. The van der Waals surface area contributed by atoms with Crippen molar-refractivity contribution in [2.24, 2.45) is 0 Å². The van der Waals surface area contributed by atoms with E-state index in [0.29, 0.717) is 19.6 Å². The lowest BCUT2D eigenvalue weighted by atomic mass is 10.0. The molecule has 0 rings (SSSR count). The summed E-state index contributed by atoms with van der Waals surface area (Å²) < 4.78 is 10.9. The highest BCUT2D eigenvalue weighted by atomic mass is 16.5. The van der Waals surface area contributed by atoms with Crippen LogP contribution >= 0.6 is 0 Å². The number of rotatable bonds is 10. The van der Waals surface area contributed by atoms with Crippen molar-refractivity contribution in [1.82, 2.24) is 5.32 Å². The molecule has 0 heterocycles. The average molecular weight is 256 g/mol. The van der Waals surface area contributed by atoms with Crippen LogP contribution in [0.25, 0.3) is 0 Å². The minimum atomic E-state index is -0.479. The maximum Gasteiger partial charge on any atom is 0.106 e. The van der Waals surface area contributed by atoms with Crippen LogP contribution in [0.2, 0.25) is 0 Å². The van der Waals surface area contributed by atoms with Crippen molar-refractivity contribution in [3.05, 3.63) is 0 Å². The van der Waals surface area contributed by atoms with E-state index in [2.05, 4.69) is 18.3 Å². The maximum atomic E-state index is 9.15. The van der Waals surface area contributed by atoms with Crippen molar-refractivity contribution in [1.29, 1.82) is 5.26 Å². The third kappa shape index (κ3) is 7.65. The SMILES string of the molecule is CCCNC(C)(C#N)CCOCCC(C)(C)OC. The van der Waals surface area contributed by atoms with Crippen molar-refractivity contribution in [2.45, 2.75) is 58.1 Å². The predicted molar refractivity (Wildman–Crippen MR) is 73.5 cm³/mol. The second kappa shape index (κ2) is 8.47. The van der Waals surface area contributed by atoms with Crippen LogP contribution in [0.4, 0.5) is 0 Å². The van der Waals surface area contributed by atoms with E-state index < -0.39 is 5.54 Å². The predicted octanol–water partition coefficient (Wildman–Crippen LogP) is 2.49. The molecule has 0 aliphatic heterocycles. The number of methoxy groups -OCH3 is 1. The molecule has 0 radical (unpaired) electrons. The van der Waals surface area contributed by atoms with Crippen molar-refractivity contribution in [3.8, 4) is 6.07 Å². The fourth-order valence-electron chi connectivity index (χ4n) is 1.38. The van der Waals surface area contributed by atoms with Crippen molar-refractivity contribution in [2.75, 3.05) is 26.9 Å². The summed E-state index contributed by atoms with van der Waals surface area (Å²) in [6, 6.07) is 2.32. The van der Waals surface area contributed by atoms with Crippen molar-refractivity contribution >= 4 is 0 Å².